The number of rotatable bonds is 5. The molecule has 0 unspecified atom stereocenters. The Morgan fingerprint density at radius 3 is 2.59 bits per heavy atom. The number of hydrogen-bond donors (Lipinski definition) is 1. The van der Waals surface area contributed by atoms with Crippen LogP contribution < -0.4 is 10.2 Å². The molecule has 3 aromatic rings. The minimum atomic E-state index is -0.264. The van der Waals surface area contributed by atoms with Gasteiger partial charge in [-0.05, 0) is 67.9 Å². The third-order valence-corrected chi connectivity index (χ3v) is 5.29. The highest BCUT2D eigenvalue weighted by Crippen LogP contribution is 2.25. The Kier molecular flexibility index (Phi) is 5.49. The monoisotopic (exact) mass is 396 g/mol. The molecule has 6 nitrogen and oxygen atoms in total. The van der Waals surface area contributed by atoms with E-state index in [0.717, 1.165) is 43.9 Å². The fraction of sp³-hybridized carbons (Fsp3) is 0.364. The molecule has 2 aromatic carbocycles. The van der Waals surface area contributed by atoms with Crippen molar-refractivity contribution in [2.24, 2.45) is 0 Å². The van der Waals surface area contributed by atoms with E-state index in [1.165, 1.54) is 17.3 Å². The van der Waals surface area contributed by atoms with Crippen molar-refractivity contribution >= 4 is 17.3 Å². The Hall–Kier alpha value is -2.93. The van der Waals surface area contributed by atoms with Gasteiger partial charge in [-0.2, -0.15) is 4.98 Å². The van der Waals surface area contributed by atoms with Gasteiger partial charge < -0.3 is 15.1 Å². The molecule has 1 aliphatic heterocycles. The number of likely N-dealkylation sites (N-methyl/N-ethyl adjacent to an activating group) is 1. The molecule has 154 valence electrons. The van der Waals surface area contributed by atoms with Gasteiger partial charge in [-0.3, -0.25) is 0 Å². The number of benzene rings is 2. The summed E-state index contributed by atoms with van der Waals surface area (Å²) in [5, 5.41) is 7.77. The second kappa shape index (κ2) is 8.21. The summed E-state index contributed by atoms with van der Waals surface area (Å²) in [4.78, 5) is 9.10. The lowest BCUT2D eigenvalue weighted by Crippen LogP contribution is -2.44. The maximum absolute atomic E-state index is 13.9. The molecule has 0 radical (unpaired) electrons. The zero-order chi connectivity index (χ0) is 20.4. The summed E-state index contributed by atoms with van der Waals surface area (Å²) in [5.74, 6) is 0.224. The number of nitrogens with zero attached hydrogens (tertiary/aromatic N) is 5. The first kappa shape index (κ1) is 19.4. The van der Waals surface area contributed by atoms with Crippen molar-refractivity contribution in [2.75, 3.05) is 43.4 Å². The molecule has 4 rings (SSSR count). The third-order valence-electron chi connectivity index (χ3n) is 5.29. The van der Waals surface area contributed by atoms with E-state index in [1.807, 2.05) is 13.0 Å². The van der Waals surface area contributed by atoms with Crippen LogP contribution in [0.15, 0.2) is 42.7 Å². The van der Waals surface area contributed by atoms with Gasteiger partial charge >= 0.3 is 0 Å². The SMILES string of the molecule is CCc1cc(F)cc(-n2cnc(Nc3cc(C)cc(N4CCN(C)CC4)c3)n2)c1.[HH]. The smallest absolute Gasteiger partial charge is 0.246 e. The van der Waals surface area contributed by atoms with E-state index in [0.29, 0.717) is 11.6 Å². The van der Waals surface area contributed by atoms with E-state index in [2.05, 4.69) is 57.4 Å². The average Bonchev–Trinajstić information content (AvgIpc) is 3.16. The van der Waals surface area contributed by atoms with Gasteiger partial charge in [0.1, 0.15) is 12.1 Å². The number of aromatic nitrogens is 3. The average molecular weight is 397 g/mol. The Labute approximate surface area is 172 Å². The highest BCUT2D eigenvalue weighted by molar-refractivity contribution is 5.64. The molecule has 0 atom stereocenters. The molecule has 1 saturated heterocycles. The van der Waals surface area contributed by atoms with Crippen LogP contribution in [0.3, 0.4) is 0 Å². The highest BCUT2D eigenvalue weighted by Gasteiger charge is 2.15. The molecule has 0 saturated carbocycles. The molecule has 1 aliphatic rings. The summed E-state index contributed by atoms with van der Waals surface area (Å²) in [6, 6.07) is 11.4. The number of anilines is 3. The fourth-order valence-electron chi connectivity index (χ4n) is 3.63. The van der Waals surface area contributed by atoms with Crippen LogP contribution >= 0.6 is 0 Å². The van der Waals surface area contributed by atoms with Gasteiger partial charge in [0, 0.05) is 39.0 Å². The summed E-state index contributed by atoms with van der Waals surface area (Å²) in [5.41, 5.74) is 4.94. The summed E-state index contributed by atoms with van der Waals surface area (Å²) in [7, 11) is 2.16. The van der Waals surface area contributed by atoms with E-state index in [1.54, 1.807) is 17.1 Å². The lowest BCUT2D eigenvalue weighted by Gasteiger charge is -2.34. The summed E-state index contributed by atoms with van der Waals surface area (Å²) < 4.78 is 15.5. The van der Waals surface area contributed by atoms with Crippen LogP contribution in [0.1, 0.15) is 19.5 Å². The van der Waals surface area contributed by atoms with E-state index in [9.17, 15) is 4.39 Å². The molecule has 1 fully saturated rings. The van der Waals surface area contributed by atoms with Gasteiger partial charge in [-0.1, -0.05) is 6.92 Å². The number of halogens is 1. The van der Waals surface area contributed by atoms with Crippen LogP contribution in [0, 0.1) is 12.7 Å². The molecule has 0 bridgehead atoms. The van der Waals surface area contributed by atoms with Crippen molar-refractivity contribution in [2.45, 2.75) is 20.3 Å². The zero-order valence-electron chi connectivity index (χ0n) is 17.2. The van der Waals surface area contributed by atoms with E-state index >= 15 is 0 Å². The fourth-order valence-corrected chi connectivity index (χ4v) is 3.63. The number of nitrogens with one attached hydrogen (secondary N) is 1. The molecular formula is C22H29FN6. The molecule has 0 spiro atoms. The first-order chi connectivity index (χ1) is 14.0. The van der Waals surface area contributed by atoms with Crippen molar-refractivity contribution in [3.8, 4) is 5.69 Å². The molecular weight excluding hydrogens is 367 g/mol. The summed E-state index contributed by atoms with van der Waals surface area (Å²) in [6.07, 6.45) is 2.37. The van der Waals surface area contributed by atoms with E-state index in [-0.39, 0.29) is 7.24 Å². The summed E-state index contributed by atoms with van der Waals surface area (Å²) >= 11 is 0. The Morgan fingerprint density at radius 1 is 1.03 bits per heavy atom. The second-order valence-corrected chi connectivity index (χ2v) is 7.66. The molecule has 1 N–H and O–H groups in total. The molecule has 2 heterocycles. The van der Waals surface area contributed by atoms with Crippen molar-refractivity contribution in [1.82, 2.24) is 19.7 Å². The number of piperazine rings is 1. The van der Waals surface area contributed by atoms with Crippen molar-refractivity contribution in [1.29, 1.82) is 0 Å². The molecule has 0 amide bonds. The standard InChI is InChI=1S/C22H27FN6.H2/c1-4-17-11-18(23)13-21(12-17)29-15-24-22(26-29)25-19-9-16(2)10-20(14-19)28-7-5-27(3)6-8-28;/h9-15H,4-8H2,1-3H3,(H,25,26);1H. The van der Waals surface area contributed by atoms with Gasteiger partial charge in [-0.25, -0.2) is 9.07 Å². The molecule has 29 heavy (non-hydrogen) atoms. The zero-order valence-corrected chi connectivity index (χ0v) is 17.2. The predicted octanol–water partition coefficient (Wildman–Crippen LogP) is 4.02. The normalized spacial score (nSPS) is 15.0. The first-order valence-electron chi connectivity index (χ1n) is 10.0. The topological polar surface area (TPSA) is 49.2 Å². The lowest BCUT2D eigenvalue weighted by atomic mass is 10.1. The number of hydrogen-bond acceptors (Lipinski definition) is 5. The lowest BCUT2D eigenvalue weighted by molar-refractivity contribution is 0.313. The van der Waals surface area contributed by atoms with Gasteiger partial charge in [-0.15, -0.1) is 5.10 Å². The van der Waals surface area contributed by atoms with Crippen LogP contribution in [0.2, 0.25) is 0 Å². The Morgan fingerprint density at radius 2 is 1.83 bits per heavy atom. The van der Waals surface area contributed by atoms with Crippen molar-refractivity contribution < 1.29 is 5.82 Å². The molecule has 7 heteroatoms. The van der Waals surface area contributed by atoms with Gasteiger partial charge in [0.05, 0.1) is 5.69 Å². The van der Waals surface area contributed by atoms with Crippen LogP contribution in [0.5, 0.6) is 0 Å². The quantitative estimate of drug-likeness (QED) is 0.706. The Balaban J connectivity index is 0.00000256. The Bertz CT molecular complexity index is 997. The first-order valence-corrected chi connectivity index (χ1v) is 10.0. The maximum atomic E-state index is 13.9. The number of aryl methyl sites for hydroxylation is 2. The van der Waals surface area contributed by atoms with E-state index < -0.39 is 0 Å². The third kappa shape index (κ3) is 4.56. The largest absolute Gasteiger partial charge is 0.369 e. The summed E-state index contributed by atoms with van der Waals surface area (Å²) in [6.45, 7) is 8.27. The van der Waals surface area contributed by atoms with Crippen molar-refractivity contribution in [3.63, 3.8) is 0 Å². The van der Waals surface area contributed by atoms with Gasteiger partial charge in [0.2, 0.25) is 5.95 Å². The van der Waals surface area contributed by atoms with Crippen LogP contribution in [-0.2, 0) is 6.42 Å². The van der Waals surface area contributed by atoms with Crippen LogP contribution in [0.25, 0.3) is 5.69 Å². The van der Waals surface area contributed by atoms with E-state index in [4.69, 9.17) is 0 Å². The minimum absolute atomic E-state index is 0. The molecule has 0 aliphatic carbocycles. The van der Waals surface area contributed by atoms with Gasteiger partial charge in [0.25, 0.3) is 0 Å². The minimum Gasteiger partial charge on any atom is -0.369 e. The predicted molar refractivity (Wildman–Crippen MR) is 117 cm³/mol. The van der Waals surface area contributed by atoms with Crippen molar-refractivity contribution in [3.05, 3.63) is 59.7 Å². The molecule has 1 aromatic heterocycles. The van der Waals surface area contributed by atoms with Crippen LogP contribution in [-0.4, -0.2) is 52.9 Å². The van der Waals surface area contributed by atoms with Crippen LogP contribution in [0.4, 0.5) is 21.7 Å². The second-order valence-electron chi connectivity index (χ2n) is 7.66. The van der Waals surface area contributed by atoms with Gasteiger partial charge in [0.15, 0.2) is 0 Å². The highest BCUT2D eigenvalue weighted by atomic mass is 19.1. The maximum Gasteiger partial charge on any atom is 0.246 e.